The molecule has 2 nitrogen and oxygen atoms in total. The molecule has 0 spiro atoms. The Hall–Kier alpha value is -2.65. The Morgan fingerprint density at radius 1 is 0.960 bits per heavy atom. The van der Waals surface area contributed by atoms with E-state index in [4.69, 9.17) is 4.74 Å². The average Bonchev–Trinajstić information content (AvgIpc) is 2.95. The van der Waals surface area contributed by atoms with Crippen LogP contribution in [-0.4, -0.2) is 5.97 Å². The molecule has 0 radical (unpaired) electrons. The number of rotatable bonds is 2. The third-order valence-corrected chi connectivity index (χ3v) is 4.67. The number of fused-ring (bicyclic) bond motifs is 1. The summed E-state index contributed by atoms with van der Waals surface area (Å²) in [5.41, 5.74) is 3.64. The second-order valence-electron chi connectivity index (χ2n) is 6.12. The number of aryl methyl sites for hydroxylation is 1. The van der Waals surface area contributed by atoms with Gasteiger partial charge in [0.05, 0.1) is 5.57 Å². The second-order valence-corrected chi connectivity index (χ2v) is 7.03. The van der Waals surface area contributed by atoms with Gasteiger partial charge >= 0.3 is 5.97 Å². The van der Waals surface area contributed by atoms with Gasteiger partial charge in [0, 0.05) is 10.0 Å². The molecule has 3 heteroatoms. The summed E-state index contributed by atoms with van der Waals surface area (Å²) in [6.07, 6.45) is 3.64. The van der Waals surface area contributed by atoms with Gasteiger partial charge in [0.25, 0.3) is 0 Å². The van der Waals surface area contributed by atoms with Crippen molar-refractivity contribution in [2.75, 3.05) is 0 Å². The normalized spacial score (nSPS) is 15.5. The van der Waals surface area contributed by atoms with E-state index in [0.29, 0.717) is 11.3 Å². The van der Waals surface area contributed by atoms with E-state index in [-0.39, 0.29) is 5.97 Å². The molecule has 0 fully saturated rings. The summed E-state index contributed by atoms with van der Waals surface area (Å²) in [6, 6.07) is 20.2. The topological polar surface area (TPSA) is 26.3 Å². The van der Waals surface area contributed by atoms with Crippen molar-refractivity contribution >= 4 is 44.5 Å². The molecule has 0 amide bonds. The molecule has 0 saturated heterocycles. The minimum Gasteiger partial charge on any atom is -0.422 e. The summed E-state index contributed by atoms with van der Waals surface area (Å²) in [5.74, 6) is 0.271. The number of benzene rings is 3. The summed E-state index contributed by atoms with van der Waals surface area (Å²) in [6.45, 7) is 2.08. The average molecular weight is 391 g/mol. The molecule has 0 bridgehead atoms. The lowest BCUT2D eigenvalue weighted by molar-refractivity contribution is -0.130. The molecule has 3 aromatic carbocycles. The molecule has 0 N–H and O–H groups in total. The van der Waals surface area contributed by atoms with Gasteiger partial charge in [-0.1, -0.05) is 64.0 Å². The van der Waals surface area contributed by atoms with Crippen molar-refractivity contribution in [2.24, 2.45) is 0 Å². The van der Waals surface area contributed by atoms with E-state index in [1.165, 1.54) is 10.9 Å². The first-order valence-electron chi connectivity index (χ1n) is 8.00. The van der Waals surface area contributed by atoms with Crippen LogP contribution in [-0.2, 0) is 9.53 Å². The zero-order chi connectivity index (χ0) is 17.4. The molecule has 1 aliphatic rings. The van der Waals surface area contributed by atoms with E-state index in [0.717, 1.165) is 21.0 Å². The first kappa shape index (κ1) is 15.9. The third kappa shape index (κ3) is 3.28. The van der Waals surface area contributed by atoms with E-state index in [1.807, 2.05) is 36.4 Å². The van der Waals surface area contributed by atoms with Gasteiger partial charge in [0.1, 0.15) is 5.76 Å². The lowest BCUT2D eigenvalue weighted by Crippen LogP contribution is -1.97. The lowest BCUT2D eigenvalue weighted by Gasteiger charge is -2.05. The van der Waals surface area contributed by atoms with Crippen LogP contribution >= 0.6 is 15.9 Å². The molecule has 4 rings (SSSR count). The van der Waals surface area contributed by atoms with Crippen molar-refractivity contribution in [3.05, 3.63) is 93.5 Å². The Labute approximate surface area is 154 Å². The molecule has 0 atom stereocenters. The number of ether oxygens (including phenoxy) is 1. The molecule has 0 unspecified atom stereocenters. The molecule has 0 saturated carbocycles. The van der Waals surface area contributed by atoms with Gasteiger partial charge in [0.2, 0.25) is 0 Å². The lowest BCUT2D eigenvalue weighted by atomic mass is 10.0. The monoisotopic (exact) mass is 390 g/mol. The quantitative estimate of drug-likeness (QED) is 0.402. The second kappa shape index (κ2) is 6.34. The van der Waals surface area contributed by atoms with E-state index < -0.39 is 0 Å². The minimum atomic E-state index is -0.320. The molecular weight excluding hydrogens is 376 g/mol. The number of esters is 1. The Morgan fingerprint density at radius 3 is 2.60 bits per heavy atom. The number of hydrogen-bond acceptors (Lipinski definition) is 2. The highest BCUT2D eigenvalue weighted by molar-refractivity contribution is 9.10. The van der Waals surface area contributed by atoms with Crippen molar-refractivity contribution in [2.45, 2.75) is 6.92 Å². The van der Waals surface area contributed by atoms with Crippen LogP contribution in [0.25, 0.3) is 22.6 Å². The minimum absolute atomic E-state index is 0.320. The van der Waals surface area contributed by atoms with E-state index in [2.05, 4.69) is 53.2 Å². The van der Waals surface area contributed by atoms with Gasteiger partial charge in [-0.25, -0.2) is 4.79 Å². The number of halogens is 1. The van der Waals surface area contributed by atoms with Gasteiger partial charge in [-0.15, -0.1) is 0 Å². The van der Waals surface area contributed by atoms with Gasteiger partial charge in [-0.05, 0) is 53.6 Å². The van der Waals surface area contributed by atoms with Crippen molar-refractivity contribution in [1.82, 2.24) is 0 Å². The van der Waals surface area contributed by atoms with Crippen LogP contribution in [0.5, 0.6) is 0 Å². The molecule has 25 heavy (non-hydrogen) atoms. The highest BCUT2D eigenvalue weighted by atomic mass is 79.9. The van der Waals surface area contributed by atoms with E-state index in [1.54, 1.807) is 6.08 Å². The number of carbonyl (C=O) groups is 1. The van der Waals surface area contributed by atoms with Crippen LogP contribution in [0.15, 0.2) is 76.8 Å². The van der Waals surface area contributed by atoms with Gasteiger partial charge in [-0.3, -0.25) is 0 Å². The van der Waals surface area contributed by atoms with Crippen molar-refractivity contribution in [3.8, 4) is 0 Å². The Morgan fingerprint density at radius 2 is 1.76 bits per heavy atom. The third-order valence-electron chi connectivity index (χ3n) is 4.18. The summed E-state index contributed by atoms with van der Waals surface area (Å²) >= 11 is 3.44. The smallest absolute Gasteiger partial charge is 0.343 e. The highest BCUT2D eigenvalue weighted by Crippen LogP contribution is 2.30. The maximum Gasteiger partial charge on any atom is 0.343 e. The fourth-order valence-electron chi connectivity index (χ4n) is 2.93. The summed E-state index contributed by atoms with van der Waals surface area (Å²) in [5, 5.41) is 2.31. The van der Waals surface area contributed by atoms with Crippen LogP contribution in [0.4, 0.5) is 0 Å². The Balaban J connectivity index is 1.71. The predicted molar refractivity (Wildman–Crippen MR) is 105 cm³/mol. The Kier molecular flexibility index (Phi) is 4.02. The predicted octanol–water partition coefficient (Wildman–Crippen LogP) is 5.89. The van der Waals surface area contributed by atoms with Crippen LogP contribution in [0.3, 0.4) is 0 Å². The summed E-state index contributed by atoms with van der Waals surface area (Å²) < 4.78 is 6.45. The van der Waals surface area contributed by atoms with Crippen LogP contribution in [0.1, 0.15) is 16.7 Å². The van der Waals surface area contributed by atoms with E-state index >= 15 is 0 Å². The number of cyclic esters (lactones) is 1. The standard InChI is InChI=1S/C22H15BrO2/c1-14-5-6-17-12-18(8-7-16(17)9-14)21-13-19(22(24)25-21)10-15-3-2-4-20(23)11-15/h2-13H,1H3/b19-10-. The van der Waals surface area contributed by atoms with Crippen molar-refractivity contribution < 1.29 is 9.53 Å². The number of hydrogen-bond donors (Lipinski definition) is 0. The van der Waals surface area contributed by atoms with Gasteiger partial charge < -0.3 is 4.74 Å². The number of carbonyl (C=O) groups excluding carboxylic acids is 1. The van der Waals surface area contributed by atoms with Crippen LogP contribution in [0.2, 0.25) is 0 Å². The SMILES string of the molecule is Cc1ccc2cc(C3=C/C(=C/c4cccc(Br)c4)C(=O)O3)ccc2c1. The van der Waals surface area contributed by atoms with Crippen LogP contribution < -0.4 is 0 Å². The summed E-state index contributed by atoms with van der Waals surface area (Å²) in [7, 11) is 0. The largest absolute Gasteiger partial charge is 0.422 e. The van der Waals surface area contributed by atoms with Gasteiger partial charge in [0.15, 0.2) is 0 Å². The van der Waals surface area contributed by atoms with Crippen LogP contribution in [0, 0.1) is 6.92 Å². The fourth-order valence-corrected chi connectivity index (χ4v) is 3.34. The molecule has 3 aromatic rings. The molecule has 1 aliphatic heterocycles. The fraction of sp³-hybridized carbons (Fsp3) is 0.0455. The molecule has 0 aromatic heterocycles. The zero-order valence-electron chi connectivity index (χ0n) is 13.6. The van der Waals surface area contributed by atoms with E-state index in [9.17, 15) is 4.79 Å². The summed E-state index contributed by atoms with van der Waals surface area (Å²) in [4.78, 5) is 12.2. The first-order valence-corrected chi connectivity index (χ1v) is 8.80. The maximum atomic E-state index is 12.2. The Bertz CT molecular complexity index is 1060. The molecule has 0 aliphatic carbocycles. The zero-order valence-corrected chi connectivity index (χ0v) is 15.2. The van der Waals surface area contributed by atoms with Crippen molar-refractivity contribution in [1.29, 1.82) is 0 Å². The van der Waals surface area contributed by atoms with Crippen molar-refractivity contribution in [3.63, 3.8) is 0 Å². The van der Waals surface area contributed by atoms with Gasteiger partial charge in [-0.2, -0.15) is 0 Å². The maximum absolute atomic E-state index is 12.2. The molecule has 1 heterocycles. The molecule has 122 valence electrons. The first-order chi connectivity index (χ1) is 12.1. The molecular formula is C22H15BrO2. The highest BCUT2D eigenvalue weighted by Gasteiger charge is 2.22.